The number of nitrogens with zero attached hydrogens (tertiary/aromatic N) is 2. The fourth-order valence-corrected chi connectivity index (χ4v) is 6.26. The number of H-pyrrole nitrogens is 1. The number of hydrogen-bond donors (Lipinski definition) is 2. The molecule has 1 saturated carbocycles. The second kappa shape index (κ2) is 14.8. The number of rotatable bonds is 11. The molecule has 246 valence electrons. The predicted molar refractivity (Wildman–Crippen MR) is 185 cm³/mol. The van der Waals surface area contributed by atoms with E-state index in [1.807, 2.05) is 44.2 Å². The molecule has 0 aliphatic heterocycles. The first-order valence-electron chi connectivity index (χ1n) is 14.3. The molecule has 46 heavy (non-hydrogen) atoms. The lowest BCUT2D eigenvalue weighted by molar-refractivity contribution is 0.00728. The molecule has 1 aromatic heterocycles. The SMILES string of the molecule is COc1cc(C)c(C(=O)c2c(OC)ccc(Br)c2C)c(OC)c1OC.OC(Cc1ccccc1Cl)(Cn1[nH]cnc1=S)C1(Cl)CC1. The van der Waals surface area contributed by atoms with Crippen LogP contribution >= 0.6 is 51.3 Å². The standard InChI is InChI=1S/C19H21BrO5.C14H15Cl2N3OS/c1-10-9-14(23-4)18(24-5)19(25-6)15(10)17(21)16-11(2)12(20)7-8-13(16)22-3;15-11-4-2-1-3-10(11)7-14(20,13(16)5-6-13)8-19-12(21)17-9-18-19/h7-9H,1-6H3;1-4,9,20H,5-8H2,(H,17,18,21). The summed E-state index contributed by atoms with van der Waals surface area (Å²) in [5, 5.41) is 14.7. The normalized spacial score (nSPS) is 14.4. The molecule has 1 atom stereocenters. The van der Waals surface area contributed by atoms with Crippen LogP contribution in [0.4, 0.5) is 0 Å². The van der Waals surface area contributed by atoms with Gasteiger partial charge in [-0.05, 0) is 79.9 Å². The molecule has 0 amide bonds. The third-order valence-electron chi connectivity index (χ3n) is 8.06. The smallest absolute Gasteiger partial charge is 0.215 e. The first-order valence-corrected chi connectivity index (χ1v) is 16.2. The van der Waals surface area contributed by atoms with Gasteiger partial charge in [0.25, 0.3) is 0 Å². The number of benzene rings is 3. The molecule has 1 aliphatic rings. The summed E-state index contributed by atoms with van der Waals surface area (Å²) < 4.78 is 24.5. The van der Waals surface area contributed by atoms with Crippen molar-refractivity contribution in [1.29, 1.82) is 0 Å². The predicted octanol–water partition coefficient (Wildman–Crippen LogP) is 7.67. The van der Waals surface area contributed by atoms with E-state index in [2.05, 4.69) is 26.0 Å². The number of aliphatic hydroxyl groups is 1. The van der Waals surface area contributed by atoms with E-state index in [4.69, 9.17) is 54.4 Å². The molecule has 1 heterocycles. The Kier molecular flexibility index (Phi) is 11.5. The number of hydrogen-bond acceptors (Lipinski definition) is 8. The lowest BCUT2D eigenvalue weighted by atomic mass is 9.89. The highest BCUT2D eigenvalue weighted by Gasteiger charge is 2.58. The van der Waals surface area contributed by atoms with Crippen LogP contribution in [-0.4, -0.2) is 64.6 Å². The molecule has 0 spiro atoms. The summed E-state index contributed by atoms with van der Waals surface area (Å²) in [6.45, 7) is 3.96. The third-order valence-corrected chi connectivity index (χ3v) is 10.3. The number of aromatic nitrogens is 3. The highest BCUT2D eigenvalue weighted by molar-refractivity contribution is 9.10. The Morgan fingerprint density at radius 1 is 1.04 bits per heavy atom. The zero-order valence-electron chi connectivity index (χ0n) is 26.4. The molecule has 0 saturated heterocycles. The molecule has 3 aromatic carbocycles. The zero-order valence-corrected chi connectivity index (χ0v) is 30.3. The van der Waals surface area contributed by atoms with Crippen molar-refractivity contribution in [3.63, 3.8) is 0 Å². The van der Waals surface area contributed by atoms with Crippen molar-refractivity contribution in [2.75, 3.05) is 28.4 Å². The minimum Gasteiger partial charge on any atom is -0.496 e. The second-order valence-corrected chi connectivity index (χ2v) is 13.3. The van der Waals surface area contributed by atoms with Gasteiger partial charge in [0.15, 0.2) is 11.5 Å². The van der Waals surface area contributed by atoms with Crippen LogP contribution in [0, 0.1) is 18.6 Å². The average molecular weight is 754 g/mol. The summed E-state index contributed by atoms with van der Waals surface area (Å²) >= 11 is 21.4. The number of carbonyl (C=O) groups excluding carboxylic acids is 1. The van der Waals surface area contributed by atoms with Gasteiger partial charge < -0.3 is 24.1 Å². The Hall–Kier alpha value is -3.09. The van der Waals surface area contributed by atoms with Gasteiger partial charge in [-0.2, -0.15) is 0 Å². The number of alkyl halides is 1. The maximum absolute atomic E-state index is 13.4. The van der Waals surface area contributed by atoms with Gasteiger partial charge in [-0.3, -0.25) is 14.6 Å². The molecule has 1 fully saturated rings. The number of ether oxygens (including phenoxy) is 4. The van der Waals surface area contributed by atoms with Crippen molar-refractivity contribution in [2.45, 2.75) is 50.1 Å². The fraction of sp³-hybridized carbons (Fsp3) is 0.364. The molecule has 13 heteroatoms. The monoisotopic (exact) mass is 751 g/mol. The summed E-state index contributed by atoms with van der Waals surface area (Å²) in [5.74, 6) is 1.52. The third kappa shape index (κ3) is 7.23. The van der Waals surface area contributed by atoms with Crippen molar-refractivity contribution in [3.8, 4) is 23.0 Å². The molecule has 1 unspecified atom stereocenters. The quantitative estimate of drug-likeness (QED) is 0.0914. The molecule has 5 rings (SSSR count). The van der Waals surface area contributed by atoms with Crippen molar-refractivity contribution >= 4 is 57.1 Å². The first-order chi connectivity index (χ1) is 21.8. The van der Waals surface area contributed by atoms with Crippen molar-refractivity contribution in [1.82, 2.24) is 14.8 Å². The van der Waals surface area contributed by atoms with Crippen LogP contribution in [0.5, 0.6) is 23.0 Å². The van der Waals surface area contributed by atoms with Crippen LogP contribution < -0.4 is 18.9 Å². The minimum absolute atomic E-state index is 0.203. The Bertz CT molecular complexity index is 1790. The van der Waals surface area contributed by atoms with Crippen molar-refractivity contribution in [3.05, 3.63) is 90.9 Å². The van der Waals surface area contributed by atoms with Crippen LogP contribution in [0.1, 0.15) is 45.5 Å². The number of aryl methyl sites for hydroxylation is 1. The van der Waals surface area contributed by atoms with Gasteiger partial charge in [0.1, 0.15) is 17.7 Å². The van der Waals surface area contributed by atoms with E-state index < -0.39 is 10.5 Å². The van der Waals surface area contributed by atoms with Crippen LogP contribution in [0.2, 0.25) is 5.02 Å². The number of carbonyl (C=O) groups is 1. The van der Waals surface area contributed by atoms with E-state index in [0.717, 1.165) is 34.0 Å². The number of methoxy groups -OCH3 is 4. The highest BCUT2D eigenvalue weighted by Crippen LogP contribution is 2.53. The highest BCUT2D eigenvalue weighted by atomic mass is 79.9. The molecule has 0 bridgehead atoms. The molecular weight excluding hydrogens is 717 g/mol. The van der Waals surface area contributed by atoms with Gasteiger partial charge in [0.2, 0.25) is 16.3 Å². The number of halogens is 3. The summed E-state index contributed by atoms with van der Waals surface area (Å²) in [7, 11) is 6.09. The Morgan fingerprint density at radius 3 is 2.24 bits per heavy atom. The van der Waals surface area contributed by atoms with Gasteiger partial charge in [0.05, 0.1) is 51.0 Å². The van der Waals surface area contributed by atoms with Gasteiger partial charge in [-0.25, -0.2) is 4.98 Å². The van der Waals surface area contributed by atoms with Gasteiger partial charge in [0, 0.05) is 15.9 Å². The maximum atomic E-state index is 13.4. The zero-order chi connectivity index (χ0) is 33.8. The van der Waals surface area contributed by atoms with Crippen molar-refractivity contribution in [2.24, 2.45) is 0 Å². The Morgan fingerprint density at radius 2 is 1.70 bits per heavy atom. The topological polar surface area (TPSA) is 108 Å². The fourth-order valence-electron chi connectivity index (χ4n) is 5.34. The van der Waals surface area contributed by atoms with E-state index in [-0.39, 0.29) is 12.3 Å². The molecule has 2 N–H and O–H groups in total. The Balaban J connectivity index is 0.000000211. The average Bonchev–Trinajstić information content (AvgIpc) is 3.69. The van der Waals surface area contributed by atoms with E-state index in [9.17, 15) is 9.90 Å². The number of ketones is 1. The van der Waals surface area contributed by atoms with Crippen LogP contribution in [0.3, 0.4) is 0 Å². The molecule has 9 nitrogen and oxygen atoms in total. The van der Waals surface area contributed by atoms with E-state index in [0.29, 0.717) is 50.3 Å². The molecule has 0 radical (unpaired) electrons. The first kappa shape index (κ1) is 35.8. The van der Waals surface area contributed by atoms with Crippen LogP contribution in [0.15, 0.2) is 53.3 Å². The lowest BCUT2D eigenvalue weighted by Gasteiger charge is -2.33. The second-order valence-electron chi connectivity index (χ2n) is 10.9. The van der Waals surface area contributed by atoms with Crippen LogP contribution in [-0.2, 0) is 13.0 Å². The molecule has 4 aromatic rings. The van der Waals surface area contributed by atoms with Gasteiger partial charge in [-0.1, -0.05) is 45.7 Å². The Labute approximate surface area is 291 Å². The van der Waals surface area contributed by atoms with E-state index in [1.165, 1.54) is 27.7 Å². The largest absolute Gasteiger partial charge is 0.496 e. The molecular formula is C33H36BrCl2N3O6S. The van der Waals surface area contributed by atoms with Crippen LogP contribution in [0.25, 0.3) is 0 Å². The van der Waals surface area contributed by atoms with E-state index >= 15 is 0 Å². The minimum atomic E-state index is -1.13. The van der Waals surface area contributed by atoms with Crippen molar-refractivity contribution < 1.29 is 28.8 Å². The van der Waals surface area contributed by atoms with Gasteiger partial charge >= 0.3 is 0 Å². The summed E-state index contributed by atoms with van der Waals surface area (Å²) in [5.41, 5.74) is 2.15. The lowest BCUT2D eigenvalue weighted by Crippen LogP contribution is -2.47. The van der Waals surface area contributed by atoms with E-state index in [1.54, 1.807) is 23.9 Å². The number of aromatic amines is 1. The summed E-state index contributed by atoms with van der Waals surface area (Å²) in [4.78, 5) is 16.7. The number of nitrogens with one attached hydrogen (secondary N) is 1. The summed E-state index contributed by atoms with van der Waals surface area (Å²) in [6.07, 6.45) is 3.43. The maximum Gasteiger partial charge on any atom is 0.215 e. The summed E-state index contributed by atoms with van der Waals surface area (Å²) in [6, 6.07) is 12.8. The molecule has 1 aliphatic carbocycles. The van der Waals surface area contributed by atoms with Gasteiger partial charge in [-0.15, -0.1) is 11.6 Å².